The lowest BCUT2D eigenvalue weighted by Gasteiger charge is -2.10. The summed E-state index contributed by atoms with van der Waals surface area (Å²) < 4.78 is 58.0. The Morgan fingerprint density at radius 2 is 1.50 bits per heavy atom. The molecular weight excluding hydrogens is 252 g/mol. The molecule has 0 heterocycles. The third kappa shape index (κ3) is 2.81. The van der Waals surface area contributed by atoms with E-state index in [0.717, 1.165) is 0 Å². The average molecular weight is 262 g/mol. The molecule has 0 aliphatic heterocycles. The maximum atomic E-state index is 13.4. The van der Waals surface area contributed by atoms with Crippen molar-refractivity contribution in [2.75, 3.05) is 6.61 Å². The lowest BCUT2D eigenvalue weighted by atomic mass is 10.1. The van der Waals surface area contributed by atoms with Crippen LogP contribution in [0.1, 0.15) is 18.1 Å². The Morgan fingerprint density at radius 3 is 1.94 bits per heavy atom. The first-order chi connectivity index (χ1) is 8.54. The molecule has 0 aliphatic rings. The summed E-state index contributed by atoms with van der Waals surface area (Å²) in [6, 6.07) is 0. The van der Waals surface area contributed by atoms with Gasteiger partial charge in [0, 0.05) is 0 Å². The second-order valence-electron chi connectivity index (χ2n) is 3.29. The molecule has 0 aliphatic carbocycles. The van der Waals surface area contributed by atoms with Gasteiger partial charge in [0.15, 0.2) is 23.3 Å². The van der Waals surface area contributed by atoms with Crippen LogP contribution in [0.4, 0.5) is 17.6 Å². The van der Waals surface area contributed by atoms with E-state index in [9.17, 15) is 17.6 Å². The number of hydrogen-bond donors (Lipinski definition) is 1. The van der Waals surface area contributed by atoms with Gasteiger partial charge in [-0.2, -0.15) is 0 Å². The summed E-state index contributed by atoms with van der Waals surface area (Å²) in [5, 5.41) is 8.62. The van der Waals surface area contributed by atoms with Crippen molar-refractivity contribution in [3.63, 3.8) is 0 Å². The molecule has 0 bridgehead atoms. The van der Waals surface area contributed by atoms with Crippen LogP contribution in [0.5, 0.6) is 0 Å². The summed E-state index contributed by atoms with van der Waals surface area (Å²) in [5.74, 6) is -1.42. The Hall–Kier alpha value is -1.58. The number of ether oxygens (including phenoxy) is 1. The van der Waals surface area contributed by atoms with Crippen molar-refractivity contribution in [1.29, 1.82) is 0 Å². The topological polar surface area (TPSA) is 29.5 Å². The van der Waals surface area contributed by atoms with Gasteiger partial charge >= 0.3 is 0 Å². The molecule has 0 fully saturated rings. The van der Waals surface area contributed by atoms with Gasteiger partial charge in [0.05, 0.1) is 24.3 Å². The van der Waals surface area contributed by atoms with Crippen LogP contribution in [0, 0.1) is 35.1 Å². The molecule has 6 heteroatoms. The minimum Gasteiger partial charge on any atom is -0.391 e. The molecule has 0 saturated heterocycles. The zero-order valence-corrected chi connectivity index (χ0v) is 9.49. The standard InChI is InChI=1S/C12H10F4O2/c1-2-3-4-18-6-8-11(15)9(13)7(5-17)10(14)12(8)16/h17H,4-6H2,1H3. The van der Waals surface area contributed by atoms with Gasteiger partial charge < -0.3 is 9.84 Å². The van der Waals surface area contributed by atoms with E-state index in [0.29, 0.717) is 0 Å². The van der Waals surface area contributed by atoms with Gasteiger partial charge in [0.1, 0.15) is 6.61 Å². The Kier molecular flexibility index (Phi) is 5.13. The van der Waals surface area contributed by atoms with Crippen molar-refractivity contribution in [2.45, 2.75) is 20.1 Å². The molecule has 1 aromatic rings. The highest BCUT2D eigenvalue weighted by molar-refractivity contribution is 5.29. The lowest BCUT2D eigenvalue weighted by molar-refractivity contribution is 0.145. The number of aliphatic hydroxyl groups is 1. The molecule has 0 unspecified atom stereocenters. The largest absolute Gasteiger partial charge is 0.391 e. The normalized spacial score (nSPS) is 10.1. The van der Waals surface area contributed by atoms with Crippen molar-refractivity contribution in [3.8, 4) is 11.8 Å². The Balaban J connectivity index is 3.07. The Labute approximate surface area is 101 Å². The molecule has 0 radical (unpaired) electrons. The highest BCUT2D eigenvalue weighted by atomic mass is 19.2. The quantitative estimate of drug-likeness (QED) is 0.390. The van der Waals surface area contributed by atoms with Crippen LogP contribution in [-0.4, -0.2) is 11.7 Å². The van der Waals surface area contributed by atoms with Crippen LogP contribution in [0.15, 0.2) is 0 Å². The predicted octanol–water partition coefficient (Wildman–Crippen LogP) is 2.28. The van der Waals surface area contributed by atoms with Gasteiger partial charge in [-0.25, -0.2) is 17.6 Å². The van der Waals surface area contributed by atoms with Crippen LogP contribution >= 0.6 is 0 Å². The zero-order valence-electron chi connectivity index (χ0n) is 9.49. The fourth-order valence-corrected chi connectivity index (χ4v) is 1.26. The summed E-state index contributed by atoms with van der Waals surface area (Å²) in [7, 11) is 0. The molecule has 18 heavy (non-hydrogen) atoms. The van der Waals surface area contributed by atoms with Crippen molar-refractivity contribution in [1.82, 2.24) is 0 Å². The average Bonchev–Trinajstić information content (AvgIpc) is 2.36. The van der Waals surface area contributed by atoms with Gasteiger partial charge in [0.25, 0.3) is 0 Å². The molecule has 1 N–H and O–H groups in total. The molecule has 0 atom stereocenters. The number of benzene rings is 1. The first-order valence-corrected chi connectivity index (χ1v) is 4.96. The van der Waals surface area contributed by atoms with E-state index in [1.165, 1.54) is 0 Å². The Bertz CT molecular complexity index is 474. The fraction of sp³-hybridized carbons (Fsp3) is 0.333. The fourth-order valence-electron chi connectivity index (χ4n) is 1.26. The summed E-state index contributed by atoms with van der Waals surface area (Å²) in [4.78, 5) is 0. The summed E-state index contributed by atoms with van der Waals surface area (Å²) >= 11 is 0. The van der Waals surface area contributed by atoms with E-state index >= 15 is 0 Å². The molecule has 2 nitrogen and oxygen atoms in total. The van der Waals surface area contributed by atoms with Crippen molar-refractivity contribution >= 4 is 0 Å². The summed E-state index contributed by atoms with van der Waals surface area (Å²) in [5.41, 5.74) is -1.90. The van der Waals surface area contributed by atoms with Crippen LogP contribution in [0.3, 0.4) is 0 Å². The van der Waals surface area contributed by atoms with E-state index in [4.69, 9.17) is 9.84 Å². The molecule has 0 aromatic heterocycles. The summed E-state index contributed by atoms with van der Waals surface area (Å²) in [6.45, 7) is -0.347. The van der Waals surface area contributed by atoms with Gasteiger partial charge in [-0.05, 0) is 6.92 Å². The van der Waals surface area contributed by atoms with E-state index < -0.39 is 47.6 Å². The van der Waals surface area contributed by atoms with Crippen LogP contribution in [0.25, 0.3) is 0 Å². The molecular formula is C12H10F4O2. The number of rotatable bonds is 4. The molecule has 1 rings (SSSR count). The molecule has 98 valence electrons. The molecule has 0 spiro atoms. The maximum absolute atomic E-state index is 13.4. The van der Waals surface area contributed by atoms with Gasteiger partial charge in [-0.3, -0.25) is 0 Å². The van der Waals surface area contributed by atoms with Crippen molar-refractivity contribution < 1.29 is 27.4 Å². The monoisotopic (exact) mass is 262 g/mol. The van der Waals surface area contributed by atoms with Crippen LogP contribution in [-0.2, 0) is 18.0 Å². The van der Waals surface area contributed by atoms with Gasteiger partial charge in [-0.1, -0.05) is 5.92 Å². The minimum absolute atomic E-state index is 0.111. The first kappa shape index (κ1) is 14.5. The zero-order chi connectivity index (χ0) is 13.7. The summed E-state index contributed by atoms with van der Waals surface area (Å²) in [6.07, 6.45) is 0. The van der Waals surface area contributed by atoms with E-state index in [2.05, 4.69) is 11.8 Å². The third-order valence-electron chi connectivity index (χ3n) is 2.20. The van der Waals surface area contributed by atoms with Gasteiger partial charge in [0.2, 0.25) is 0 Å². The number of halogens is 4. The number of aliphatic hydroxyl groups excluding tert-OH is 1. The second kappa shape index (κ2) is 6.38. The van der Waals surface area contributed by atoms with Crippen LogP contribution < -0.4 is 0 Å². The van der Waals surface area contributed by atoms with E-state index in [1.807, 2.05) is 0 Å². The molecule has 1 aromatic carbocycles. The van der Waals surface area contributed by atoms with Crippen LogP contribution in [0.2, 0.25) is 0 Å². The van der Waals surface area contributed by atoms with Gasteiger partial charge in [-0.15, -0.1) is 5.92 Å². The predicted molar refractivity (Wildman–Crippen MR) is 55.3 cm³/mol. The van der Waals surface area contributed by atoms with Crippen molar-refractivity contribution in [2.24, 2.45) is 0 Å². The van der Waals surface area contributed by atoms with Crippen molar-refractivity contribution in [3.05, 3.63) is 34.4 Å². The minimum atomic E-state index is -1.61. The second-order valence-corrected chi connectivity index (χ2v) is 3.29. The van der Waals surface area contributed by atoms with E-state index in [1.54, 1.807) is 6.92 Å². The number of hydrogen-bond acceptors (Lipinski definition) is 2. The first-order valence-electron chi connectivity index (χ1n) is 4.96. The smallest absolute Gasteiger partial charge is 0.167 e. The Morgan fingerprint density at radius 1 is 1.00 bits per heavy atom. The maximum Gasteiger partial charge on any atom is 0.167 e. The SMILES string of the molecule is CC#CCOCc1c(F)c(F)c(CO)c(F)c1F. The highest BCUT2D eigenvalue weighted by Crippen LogP contribution is 2.24. The molecule has 0 saturated carbocycles. The molecule has 0 amide bonds. The third-order valence-corrected chi connectivity index (χ3v) is 2.20. The lowest BCUT2D eigenvalue weighted by Crippen LogP contribution is -2.10. The van der Waals surface area contributed by atoms with E-state index in [-0.39, 0.29) is 6.61 Å². The highest BCUT2D eigenvalue weighted by Gasteiger charge is 2.24.